The maximum atomic E-state index is 13.1. The molecule has 0 amide bonds. The fourth-order valence-corrected chi connectivity index (χ4v) is 4.16. The zero-order chi connectivity index (χ0) is 21.3. The molecular formula is C22H23ClN4O3. The molecule has 2 heterocycles. The fourth-order valence-electron chi connectivity index (χ4n) is 3.92. The van der Waals surface area contributed by atoms with Gasteiger partial charge in [0, 0.05) is 37.4 Å². The summed E-state index contributed by atoms with van der Waals surface area (Å²) in [4.78, 5) is 31.5. The molecule has 2 aromatic carbocycles. The molecule has 1 aliphatic heterocycles. The Morgan fingerprint density at radius 2 is 1.93 bits per heavy atom. The number of piperidine rings is 1. The number of carbonyl (C=O) groups is 1. The summed E-state index contributed by atoms with van der Waals surface area (Å²) in [5, 5.41) is 13.5. The Kier molecular flexibility index (Phi) is 5.63. The largest absolute Gasteiger partial charge is 0.478 e. The molecular weight excluding hydrogens is 404 g/mol. The molecule has 8 heteroatoms. The Morgan fingerprint density at radius 3 is 2.67 bits per heavy atom. The summed E-state index contributed by atoms with van der Waals surface area (Å²) in [7, 11) is 1.74. The maximum absolute atomic E-state index is 13.1. The van der Waals surface area contributed by atoms with Gasteiger partial charge in [-0.2, -0.15) is 0 Å². The molecule has 0 saturated carbocycles. The zero-order valence-electron chi connectivity index (χ0n) is 16.7. The van der Waals surface area contributed by atoms with Gasteiger partial charge >= 0.3 is 5.97 Å². The Morgan fingerprint density at radius 1 is 1.20 bits per heavy atom. The van der Waals surface area contributed by atoms with E-state index < -0.39 is 5.97 Å². The molecule has 3 aromatic rings. The van der Waals surface area contributed by atoms with Gasteiger partial charge in [-0.05, 0) is 49.1 Å². The third-order valence-corrected chi connectivity index (χ3v) is 5.68. The Labute approximate surface area is 178 Å². The van der Waals surface area contributed by atoms with E-state index in [0.29, 0.717) is 34.1 Å². The van der Waals surface area contributed by atoms with Crippen LogP contribution in [0.4, 0.5) is 11.6 Å². The zero-order valence-corrected chi connectivity index (χ0v) is 17.4. The molecule has 0 aliphatic carbocycles. The molecule has 0 atom stereocenters. The topological polar surface area (TPSA) is 87.5 Å². The lowest BCUT2D eigenvalue weighted by molar-refractivity contribution is 0.0698. The summed E-state index contributed by atoms with van der Waals surface area (Å²) >= 11 is 6.29. The van der Waals surface area contributed by atoms with Crippen LogP contribution in [0.15, 0.2) is 41.2 Å². The average molecular weight is 427 g/mol. The molecule has 4 rings (SSSR count). The monoisotopic (exact) mass is 426 g/mol. The van der Waals surface area contributed by atoms with Crippen LogP contribution in [0.25, 0.3) is 10.9 Å². The molecule has 30 heavy (non-hydrogen) atoms. The number of nitrogens with zero attached hydrogens (tertiary/aromatic N) is 3. The van der Waals surface area contributed by atoms with E-state index in [1.54, 1.807) is 48.0 Å². The highest BCUT2D eigenvalue weighted by molar-refractivity contribution is 6.31. The summed E-state index contributed by atoms with van der Waals surface area (Å²) in [5.74, 6) is -0.352. The second kappa shape index (κ2) is 8.36. The highest BCUT2D eigenvalue weighted by Gasteiger charge is 2.19. The quantitative estimate of drug-likeness (QED) is 0.643. The van der Waals surface area contributed by atoms with Gasteiger partial charge in [0.2, 0.25) is 5.95 Å². The number of hydrogen-bond donors (Lipinski definition) is 2. The lowest BCUT2D eigenvalue weighted by Gasteiger charge is -2.29. The average Bonchev–Trinajstić information content (AvgIpc) is 2.75. The minimum Gasteiger partial charge on any atom is -0.478 e. The number of halogens is 1. The third-order valence-electron chi connectivity index (χ3n) is 5.47. The van der Waals surface area contributed by atoms with Crippen molar-refractivity contribution in [3.8, 4) is 0 Å². The lowest BCUT2D eigenvalue weighted by Crippen LogP contribution is -2.35. The SMILES string of the molecule is Cn1c(N2CCCCC2)nc2c(CNc3ccccc3C(=O)O)cc(Cl)cc2c1=O. The minimum absolute atomic E-state index is 0.143. The van der Waals surface area contributed by atoms with Gasteiger partial charge in [-0.15, -0.1) is 0 Å². The number of benzene rings is 2. The van der Waals surface area contributed by atoms with Crippen molar-refractivity contribution in [2.75, 3.05) is 23.3 Å². The van der Waals surface area contributed by atoms with Crippen molar-refractivity contribution < 1.29 is 9.90 Å². The molecule has 0 unspecified atom stereocenters. The van der Waals surface area contributed by atoms with Crippen molar-refractivity contribution >= 4 is 40.1 Å². The van der Waals surface area contributed by atoms with E-state index in [1.807, 2.05) is 0 Å². The van der Waals surface area contributed by atoms with Crippen LogP contribution in [0.3, 0.4) is 0 Å². The number of anilines is 2. The van der Waals surface area contributed by atoms with Gasteiger partial charge in [0.15, 0.2) is 0 Å². The highest BCUT2D eigenvalue weighted by Crippen LogP contribution is 2.25. The molecule has 0 spiro atoms. The van der Waals surface area contributed by atoms with Gasteiger partial charge in [0.25, 0.3) is 5.56 Å². The van der Waals surface area contributed by atoms with Crippen LogP contribution >= 0.6 is 11.6 Å². The Balaban J connectivity index is 1.77. The van der Waals surface area contributed by atoms with Crippen LogP contribution in [-0.4, -0.2) is 33.7 Å². The Hall–Kier alpha value is -3.06. The molecule has 1 saturated heterocycles. The van der Waals surface area contributed by atoms with E-state index in [4.69, 9.17) is 16.6 Å². The number of para-hydroxylation sites is 1. The second-order valence-electron chi connectivity index (χ2n) is 7.49. The molecule has 1 aromatic heterocycles. The van der Waals surface area contributed by atoms with Crippen LogP contribution < -0.4 is 15.8 Å². The van der Waals surface area contributed by atoms with Crippen LogP contribution in [-0.2, 0) is 13.6 Å². The van der Waals surface area contributed by atoms with Crippen molar-refractivity contribution in [3.63, 3.8) is 0 Å². The second-order valence-corrected chi connectivity index (χ2v) is 7.93. The number of hydrogen-bond acceptors (Lipinski definition) is 5. The fraction of sp³-hybridized carbons (Fsp3) is 0.318. The first-order chi connectivity index (χ1) is 14.5. The van der Waals surface area contributed by atoms with E-state index in [9.17, 15) is 14.7 Å². The van der Waals surface area contributed by atoms with Crippen molar-refractivity contribution in [2.45, 2.75) is 25.8 Å². The molecule has 156 valence electrons. The molecule has 2 N–H and O–H groups in total. The van der Waals surface area contributed by atoms with E-state index >= 15 is 0 Å². The lowest BCUT2D eigenvalue weighted by atomic mass is 10.1. The minimum atomic E-state index is -1.01. The van der Waals surface area contributed by atoms with Crippen LogP contribution in [0.1, 0.15) is 35.2 Å². The molecule has 0 bridgehead atoms. The maximum Gasteiger partial charge on any atom is 0.337 e. The van der Waals surface area contributed by atoms with Gasteiger partial charge in [-0.1, -0.05) is 23.7 Å². The number of carboxylic acid groups (broad SMARTS) is 1. The van der Waals surface area contributed by atoms with Gasteiger partial charge in [0.05, 0.1) is 16.5 Å². The summed E-state index contributed by atoms with van der Waals surface area (Å²) in [6.07, 6.45) is 3.34. The standard InChI is InChI=1S/C22H23ClN4O3/c1-26-20(28)17-12-15(23)11-14(13-24-18-8-4-3-7-16(18)21(29)30)19(17)25-22(26)27-9-5-2-6-10-27/h3-4,7-8,11-12,24H,2,5-6,9-10,13H2,1H3,(H,29,30). The number of carboxylic acids is 1. The van der Waals surface area contributed by atoms with Gasteiger partial charge in [-0.25, -0.2) is 9.78 Å². The first kappa shape index (κ1) is 20.2. The van der Waals surface area contributed by atoms with Crippen molar-refractivity contribution in [1.29, 1.82) is 0 Å². The summed E-state index contributed by atoms with van der Waals surface area (Å²) in [6.45, 7) is 2.04. The van der Waals surface area contributed by atoms with Crippen molar-refractivity contribution in [2.24, 2.45) is 7.05 Å². The third kappa shape index (κ3) is 3.85. The predicted octanol–water partition coefficient (Wildman–Crippen LogP) is 3.89. The number of nitrogens with one attached hydrogen (secondary N) is 1. The number of aromatic nitrogens is 2. The smallest absolute Gasteiger partial charge is 0.337 e. The number of fused-ring (bicyclic) bond motifs is 1. The molecule has 7 nitrogen and oxygen atoms in total. The van der Waals surface area contributed by atoms with E-state index in [2.05, 4.69) is 10.2 Å². The number of aromatic carboxylic acids is 1. The normalized spacial score (nSPS) is 14.1. The molecule has 0 radical (unpaired) electrons. The van der Waals surface area contributed by atoms with Crippen LogP contribution in [0, 0.1) is 0 Å². The van der Waals surface area contributed by atoms with Gasteiger partial charge in [0.1, 0.15) is 0 Å². The first-order valence-corrected chi connectivity index (χ1v) is 10.3. The number of rotatable bonds is 5. The van der Waals surface area contributed by atoms with Crippen molar-refractivity contribution in [3.05, 3.63) is 62.9 Å². The van der Waals surface area contributed by atoms with Gasteiger partial charge < -0.3 is 15.3 Å². The van der Waals surface area contributed by atoms with Crippen molar-refractivity contribution in [1.82, 2.24) is 9.55 Å². The van der Waals surface area contributed by atoms with Crippen LogP contribution in [0.2, 0.25) is 5.02 Å². The molecule has 1 aliphatic rings. The van der Waals surface area contributed by atoms with E-state index in [0.717, 1.165) is 31.5 Å². The van der Waals surface area contributed by atoms with E-state index in [-0.39, 0.29) is 11.1 Å². The first-order valence-electron chi connectivity index (χ1n) is 9.96. The van der Waals surface area contributed by atoms with E-state index in [1.165, 1.54) is 6.42 Å². The summed E-state index contributed by atoms with van der Waals surface area (Å²) in [6, 6.07) is 10.1. The summed E-state index contributed by atoms with van der Waals surface area (Å²) < 4.78 is 1.58. The summed E-state index contributed by atoms with van der Waals surface area (Å²) in [5.41, 5.74) is 1.87. The molecule has 1 fully saturated rings. The predicted molar refractivity (Wildman–Crippen MR) is 119 cm³/mol. The highest BCUT2D eigenvalue weighted by atomic mass is 35.5. The van der Waals surface area contributed by atoms with Gasteiger partial charge in [-0.3, -0.25) is 9.36 Å². The Bertz CT molecular complexity index is 1170. The van der Waals surface area contributed by atoms with Crippen LogP contribution in [0.5, 0.6) is 0 Å².